The number of methoxy groups -OCH3 is 2. The Labute approximate surface area is 166 Å². The van der Waals surface area contributed by atoms with Crippen LogP contribution in [0.1, 0.15) is 5.56 Å². The van der Waals surface area contributed by atoms with Gasteiger partial charge in [-0.1, -0.05) is 29.3 Å². The molecule has 0 fully saturated rings. The Morgan fingerprint density at radius 1 is 1.04 bits per heavy atom. The minimum Gasteiger partial charge on any atom is -0.497 e. The first-order chi connectivity index (χ1) is 12.9. The molecule has 2 aromatic carbocycles. The maximum atomic E-state index is 11.9. The summed E-state index contributed by atoms with van der Waals surface area (Å²) in [6.07, 6.45) is 2.72. The van der Waals surface area contributed by atoms with E-state index in [2.05, 4.69) is 5.32 Å². The summed E-state index contributed by atoms with van der Waals surface area (Å²) in [5, 5.41) is 3.07. The SMILES string of the molecule is COc1cc(/C=C/C(=O)OCC(=O)Nc2c(Cl)cccc2Cl)cc(OC)c1. The molecule has 0 spiro atoms. The molecule has 0 unspecified atom stereocenters. The molecule has 0 bridgehead atoms. The summed E-state index contributed by atoms with van der Waals surface area (Å²) in [7, 11) is 3.06. The standard InChI is InChI=1S/C19H17Cl2NO5/c1-25-13-8-12(9-14(10-13)26-2)6-7-18(24)27-11-17(23)22-19-15(20)4-3-5-16(19)21/h3-10H,11H2,1-2H3,(H,22,23)/b7-6+. The van der Waals surface area contributed by atoms with Crippen molar-refractivity contribution in [3.05, 3.63) is 58.1 Å². The van der Waals surface area contributed by atoms with Gasteiger partial charge in [-0.3, -0.25) is 4.79 Å². The van der Waals surface area contributed by atoms with Gasteiger partial charge in [0.1, 0.15) is 11.5 Å². The molecular formula is C19H17Cl2NO5. The van der Waals surface area contributed by atoms with Gasteiger partial charge in [0.15, 0.2) is 6.61 Å². The zero-order valence-corrected chi connectivity index (χ0v) is 16.1. The van der Waals surface area contributed by atoms with Crippen LogP contribution in [-0.4, -0.2) is 32.7 Å². The van der Waals surface area contributed by atoms with Crippen molar-refractivity contribution in [3.63, 3.8) is 0 Å². The molecule has 6 nitrogen and oxygen atoms in total. The Morgan fingerprint density at radius 2 is 1.63 bits per heavy atom. The highest BCUT2D eigenvalue weighted by Crippen LogP contribution is 2.29. The number of para-hydroxylation sites is 1. The number of esters is 1. The van der Waals surface area contributed by atoms with Crippen LogP contribution >= 0.6 is 23.2 Å². The van der Waals surface area contributed by atoms with Crippen molar-refractivity contribution in [2.45, 2.75) is 0 Å². The summed E-state index contributed by atoms with van der Waals surface area (Å²) in [6, 6.07) is 9.97. The van der Waals surface area contributed by atoms with Crippen LogP contribution < -0.4 is 14.8 Å². The molecule has 2 aromatic rings. The summed E-state index contributed by atoms with van der Waals surface area (Å²) >= 11 is 11.9. The fraction of sp³-hybridized carbons (Fsp3) is 0.158. The summed E-state index contributed by atoms with van der Waals surface area (Å²) in [5.74, 6) is -0.0799. The first-order valence-corrected chi connectivity index (χ1v) is 8.50. The molecule has 0 saturated carbocycles. The van der Waals surface area contributed by atoms with Crippen LogP contribution in [0.2, 0.25) is 10.0 Å². The maximum absolute atomic E-state index is 11.9. The van der Waals surface area contributed by atoms with E-state index in [0.29, 0.717) is 17.1 Å². The lowest BCUT2D eigenvalue weighted by atomic mass is 10.2. The minimum absolute atomic E-state index is 0.265. The highest BCUT2D eigenvalue weighted by Gasteiger charge is 2.11. The molecule has 27 heavy (non-hydrogen) atoms. The van der Waals surface area contributed by atoms with Gasteiger partial charge in [-0.2, -0.15) is 0 Å². The molecule has 0 aromatic heterocycles. The third-order valence-electron chi connectivity index (χ3n) is 3.36. The van der Waals surface area contributed by atoms with Crippen molar-refractivity contribution >= 4 is 46.8 Å². The number of hydrogen-bond acceptors (Lipinski definition) is 5. The number of benzene rings is 2. The summed E-state index contributed by atoms with van der Waals surface area (Å²) in [6.45, 7) is -0.480. The van der Waals surface area contributed by atoms with Gasteiger partial charge >= 0.3 is 5.97 Å². The van der Waals surface area contributed by atoms with Crippen LogP contribution in [0.4, 0.5) is 5.69 Å². The lowest BCUT2D eigenvalue weighted by Crippen LogP contribution is -2.20. The van der Waals surface area contributed by atoms with Crippen molar-refractivity contribution in [2.75, 3.05) is 26.1 Å². The third-order valence-corrected chi connectivity index (χ3v) is 3.99. The molecule has 0 aliphatic heterocycles. The van der Waals surface area contributed by atoms with Gasteiger partial charge in [-0.15, -0.1) is 0 Å². The fourth-order valence-electron chi connectivity index (χ4n) is 2.07. The quantitative estimate of drug-likeness (QED) is 0.547. The average molecular weight is 410 g/mol. The van der Waals surface area contributed by atoms with E-state index < -0.39 is 18.5 Å². The van der Waals surface area contributed by atoms with Crippen molar-refractivity contribution < 1.29 is 23.8 Å². The second-order valence-electron chi connectivity index (χ2n) is 5.23. The molecule has 0 aliphatic rings. The Balaban J connectivity index is 1.92. The highest BCUT2D eigenvalue weighted by atomic mass is 35.5. The molecule has 2 rings (SSSR count). The van der Waals surface area contributed by atoms with E-state index in [-0.39, 0.29) is 15.7 Å². The largest absolute Gasteiger partial charge is 0.497 e. The number of halogens is 2. The molecule has 142 valence electrons. The van der Waals surface area contributed by atoms with Gasteiger partial charge in [0.25, 0.3) is 5.91 Å². The zero-order chi connectivity index (χ0) is 19.8. The molecule has 0 heterocycles. The van der Waals surface area contributed by atoms with Crippen LogP contribution in [0.25, 0.3) is 6.08 Å². The van der Waals surface area contributed by atoms with E-state index in [1.54, 1.807) is 36.4 Å². The van der Waals surface area contributed by atoms with Gasteiger partial charge < -0.3 is 19.5 Å². The van der Waals surface area contributed by atoms with Crippen LogP contribution in [0.15, 0.2) is 42.5 Å². The molecule has 0 radical (unpaired) electrons. The molecule has 0 saturated heterocycles. The van der Waals surface area contributed by atoms with Gasteiger partial charge in [-0.25, -0.2) is 4.79 Å². The molecule has 1 N–H and O–H groups in total. The first kappa shape index (κ1) is 20.6. The van der Waals surface area contributed by atoms with Crippen molar-refractivity contribution in [1.29, 1.82) is 0 Å². The van der Waals surface area contributed by atoms with Gasteiger partial charge in [0.2, 0.25) is 0 Å². The fourth-order valence-corrected chi connectivity index (χ4v) is 2.56. The molecule has 8 heteroatoms. The molecule has 1 amide bonds. The van der Waals surface area contributed by atoms with Crippen LogP contribution in [0.3, 0.4) is 0 Å². The van der Waals surface area contributed by atoms with Crippen LogP contribution in [-0.2, 0) is 14.3 Å². The first-order valence-electron chi connectivity index (χ1n) is 7.74. The second-order valence-corrected chi connectivity index (χ2v) is 6.05. The van der Waals surface area contributed by atoms with Crippen molar-refractivity contribution in [3.8, 4) is 11.5 Å². The summed E-state index contributed by atoms with van der Waals surface area (Å²) < 4.78 is 15.2. The third kappa shape index (κ3) is 6.20. The van der Waals surface area contributed by atoms with E-state index >= 15 is 0 Å². The van der Waals surface area contributed by atoms with Crippen LogP contribution in [0.5, 0.6) is 11.5 Å². The number of carbonyl (C=O) groups excluding carboxylic acids is 2. The normalized spacial score (nSPS) is 10.5. The molecule has 0 aliphatic carbocycles. The van der Waals surface area contributed by atoms with E-state index in [4.69, 9.17) is 37.4 Å². The number of amides is 1. The number of nitrogens with one attached hydrogen (secondary N) is 1. The number of anilines is 1. The van der Waals surface area contributed by atoms with Crippen LogP contribution in [0, 0.1) is 0 Å². The molecule has 0 atom stereocenters. The maximum Gasteiger partial charge on any atom is 0.331 e. The topological polar surface area (TPSA) is 73.9 Å². The van der Waals surface area contributed by atoms with Gasteiger partial charge in [-0.05, 0) is 35.9 Å². The predicted octanol–water partition coefficient (Wildman–Crippen LogP) is 4.21. The predicted molar refractivity (Wildman–Crippen MR) is 105 cm³/mol. The van der Waals surface area contributed by atoms with E-state index in [9.17, 15) is 9.59 Å². The Kier molecular flexibility index (Phi) is 7.52. The van der Waals surface area contributed by atoms with Crippen molar-refractivity contribution in [2.24, 2.45) is 0 Å². The van der Waals surface area contributed by atoms with E-state index in [1.165, 1.54) is 26.4 Å². The number of ether oxygens (including phenoxy) is 3. The number of rotatable bonds is 7. The average Bonchev–Trinajstić information content (AvgIpc) is 2.67. The number of carbonyl (C=O) groups is 2. The smallest absolute Gasteiger partial charge is 0.331 e. The van der Waals surface area contributed by atoms with Gasteiger partial charge in [0, 0.05) is 12.1 Å². The molecular weight excluding hydrogens is 393 g/mol. The lowest BCUT2D eigenvalue weighted by Gasteiger charge is -2.09. The van der Waals surface area contributed by atoms with Gasteiger partial charge in [0.05, 0.1) is 30.0 Å². The summed E-state index contributed by atoms with van der Waals surface area (Å²) in [5.41, 5.74) is 0.941. The number of hydrogen-bond donors (Lipinski definition) is 1. The second kappa shape index (κ2) is 9.85. The monoisotopic (exact) mass is 409 g/mol. The Morgan fingerprint density at radius 3 is 2.19 bits per heavy atom. The highest BCUT2D eigenvalue weighted by molar-refractivity contribution is 6.39. The zero-order valence-electron chi connectivity index (χ0n) is 14.6. The summed E-state index contributed by atoms with van der Waals surface area (Å²) in [4.78, 5) is 23.7. The Hall–Kier alpha value is -2.70. The minimum atomic E-state index is -0.683. The van der Waals surface area contributed by atoms with Crippen molar-refractivity contribution in [1.82, 2.24) is 0 Å². The Bertz CT molecular complexity index is 825. The van der Waals surface area contributed by atoms with E-state index in [1.807, 2.05) is 0 Å². The van der Waals surface area contributed by atoms with E-state index in [0.717, 1.165) is 0 Å². The lowest BCUT2D eigenvalue weighted by molar-refractivity contribution is -0.142.